The molecular formula is C24H36O5. The van der Waals surface area contributed by atoms with Gasteiger partial charge in [0, 0.05) is 12.8 Å². The molecule has 4 aliphatic rings. The Kier molecular flexibility index (Phi) is 5.20. The maximum Gasteiger partial charge on any atom is 0.302 e. The zero-order valence-corrected chi connectivity index (χ0v) is 18.3. The van der Waals surface area contributed by atoms with E-state index in [1.54, 1.807) is 13.8 Å². The highest BCUT2D eigenvalue weighted by Crippen LogP contribution is 2.67. The molecule has 4 aliphatic carbocycles. The van der Waals surface area contributed by atoms with Crippen LogP contribution in [0, 0.1) is 40.4 Å². The number of carbonyl (C=O) groups excluding carboxylic acids is 3. The summed E-state index contributed by atoms with van der Waals surface area (Å²) in [5, 5.41) is 11.4. The number of Topliss-reactive ketones (excluding diaryl/α,β-unsaturated/α-hetero) is 2. The van der Waals surface area contributed by atoms with Crippen molar-refractivity contribution in [3.8, 4) is 0 Å². The van der Waals surface area contributed by atoms with Crippen LogP contribution in [0.15, 0.2) is 0 Å². The lowest BCUT2D eigenvalue weighted by Crippen LogP contribution is -2.62. The lowest BCUT2D eigenvalue weighted by Gasteiger charge is -2.62. The van der Waals surface area contributed by atoms with Gasteiger partial charge in [-0.2, -0.15) is 0 Å². The van der Waals surface area contributed by atoms with Gasteiger partial charge in [0.25, 0.3) is 0 Å². The van der Waals surface area contributed by atoms with Crippen molar-refractivity contribution in [1.82, 2.24) is 0 Å². The van der Waals surface area contributed by atoms with Crippen molar-refractivity contribution in [2.24, 2.45) is 40.4 Å². The normalized spacial score (nSPS) is 48.8. The third kappa shape index (κ3) is 2.94. The van der Waals surface area contributed by atoms with Crippen LogP contribution in [-0.2, 0) is 19.1 Å². The Bertz CT molecular complexity index is 716. The SMILES string of the molecule is CC(=O)O[C@@H]1CC[C@]2(C)C3C[C@H](O)[C@]4(C(C)=O)C(C(C)=O)CCC4C3CC[C@@H]2C1. The zero-order valence-electron chi connectivity index (χ0n) is 18.3. The van der Waals surface area contributed by atoms with E-state index in [2.05, 4.69) is 6.92 Å². The second-order valence-electron chi connectivity index (χ2n) is 10.6. The highest BCUT2D eigenvalue weighted by Gasteiger charge is 2.67. The third-order valence-corrected chi connectivity index (χ3v) is 9.63. The van der Waals surface area contributed by atoms with E-state index in [1.807, 2.05) is 0 Å². The predicted molar refractivity (Wildman–Crippen MR) is 108 cm³/mol. The van der Waals surface area contributed by atoms with E-state index in [0.29, 0.717) is 24.2 Å². The van der Waals surface area contributed by atoms with Crippen LogP contribution < -0.4 is 0 Å². The van der Waals surface area contributed by atoms with Gasteiger partial charge in [0.1, 0.15) is 17.7 Å². The Labute approximate surface area is 174 Å². The van der Waals surface area contributed by atoms with E-state index in [-0.39, 0.29) is 40.9 Å². The molecule has 4 saturated carbocycles. The van der Waals surface area contributed by atoms with Gasteiger partial charge in [-0.25, -0.2) is 0 Å². The Morgan fingerprint density at radius 3 is 2.28 bits per heavy atom. The first kappa shape index (κ1) is 21.0. The second-order valence-corrected chi connectivity index (χ2v) is 10.6. The summed E-state index contributed by atoms with van der Waals surface area (Å²) in [5.74, 6) is 0.921. The van der Waals surface area contributed by atoms with Crippen LogP contribution in [0.5, 0.6) is 0 Å². The monoisotopic (exact) mass is 404 g/mol. The standard InChI is InChI=1S/C24H36O5/c1-13(25)19-7-8-20-18-6-5-16-11-17(29-15(3)27)9-10-23(16,4)21(18)12-22(28)24(19,20)14(2)26/h16-22,28H,5-12H2,1-4H3/t16-,17-,18?,19?,20?,21?,22+,23+,24-/m1/s1. The van der Waals surface area contributed by atoms with Crippen LogP contribution in [0.25, 0.3) is 0 Å². The summed E-state index contributed by atoms with van der Waals surface area (Å²) < 4.78 is 5.53. The van der Waals surface area contributed by atoms with Crippen LogP contribution in [-0.4, -0.2) is 34.9 Å². The Balaban J connectivity index is 1.64. The molecule has 4 fully saturated rings. The fourth-order valence-electron chi connectivity index (χ4n) is 8.51. The highest BCUT2D eigenvalue weighted by atomic mass is 16.5. The van der Waals surface area contributed by atoms with Crippen molar-refractivity contribution in [2.75, 3.05) is 0 Å². The molecule has 0 radical (unpaired) electrons. The van der Waals surface area contributed by atoms with Crippen LogP contribution >= 0.6 is 0 Å². The molecule has 0 aromatic carbocycles. The number of fused-ring (bicyclic) bond motifs is 5. The average Bonchev–Trinajstić information content (AvgIpc) is 3.05. The number of hydrogen-bond donors (Lipinski definition) is 1. The Morgan fingerprint density at radius 2 is 1.66 bits per heavy atom. The zero-order chi connectivity index (χ0) is 21.1. The Hall–Kier alpha value is -1.23. The summed E-state index contributed by atoms with van der Waals surface area (Å²) in [4.78, 5) is 36.8. The van der Waals surface area contributed by atoms with Gasteiger partial charge in [0.05, 0.1) is 11.5 Å². The number of esters is 1. The van der Waals surface area contributed by atoms with Crippen LogP contribution in [0.2, 0.25) is 0 Å². The van der Waals surface area contributed by atoms with E-state index in [9.17, 15) is 19.5 Å². The first-order valence-electron chi connectivity index (χ1n) is 11.5. The molecule has 9 atom stereocenters. The number of hydrogen-bond acceptors (Lipinski definition) is 5. The van der Waals surface area contributed by atoms with Gasteiger partial charge >= 0.3 is 5.97 Å². The molecule has 0 amide bonds. The molecule has 0 bridgehead atoms. The summed E-state index contributed by atoms with van der Waals surface area (Å²) in [6.07, 6.45) is 6.43. The molecule has 4 rings (SSSR count). The Morgan fingerprint density at radius 1 is 0.931 bits per heavy atom. The molecule has 162 valence electrons. The van der Waals surface area contributed by atoms with Crippen molar-refractivity contribution in [3.05, 3.63) is 0 Å². The highest BCUT2D eigenvalue weighted by molar-refractivity contribution is 5.92. The maximum absolute atomic E-state index is 12.9. The van der Waals surface area contributed by atoms with E-state index in [1.165, 1.54) is 6.92 Å². The smallest absolute Gasteiger partial charge is 0.302 e. The molecule has 29 heavy (non-hydrogen) atoms. The van der Waals surface area contributed by atoms with Crippen LogP contribution in [0.1, 0.15) is 79.1 Å². The van der Waals surface area contributed by atoms with Gasteiger partial charge in [-0.05, 0) is 94.3 Å². The molecule has 4 unspecified atom stereocenters. The largest absolute Gasteiger partial charge is 0.463 e. The molecule has 0 saturated heterocycles. The topological polar surface area (TPSA) is 80.7 Å². The fourth-order valence-corrected chi connectivity index (χ4v) is 8.51. The first-order chi connectivity index (χ1) is 13.6. The minimum atomic E-state index is -0.870. The first-order valence-corrected chi connectivity index (χ1v) is 11.5. The summed E-state index contributed by atoms with van der Waals surface area (Å²) in [7, 11) is 0. The molecule has 0 aliphatic heterocycles. The molecule has 0 aromatic heterocycles. The second kappa shape index (κ2) is 7.18. The van der Waals surface area contributed by atoms with Gasteiger partial charge in [-0.15, -0.1) is 0 Å². The number of rotatable bonds is 3. The number of carbonyl (C=O) groups is 3. The third-order valence-electron chi connectivity index (χ3n) is 9.63. The molecular weight excluding hydrogens is 368 g/mol. The van der Waals surface area contributed by atoms with Crippen molar-refractivity contribution in [2.45, 2.75) is 91.3 Å². The number of ether oxygens (including phenoxy) is 1. The van der Waals surface area contributed by atoms with Gasteiger partial charge in [-0.3, -0.25) is 14.4 Å². The van der Waals surface area contributed by atoms with Crippen molar-refractivity contribution >= 4 is 17.5 Å². The van der Waals surface area contributed by atoms with E-state index in [4.69, 9.17) is 4.74 Å². The number of ketones is 2. The van der Waals surface area contributed by atoms with Gasteiger partial charge in [-0.1, -0.05) is 6.92 Å². The van der Waals surface area contributed by atoms with E-state index < -0.39 is 11.5 Å². The lowest BCUT2D eigenvalue weighted by molar-refractivity contribution is -0.187. The summed E-state index contributed by atoms with van der Waals surface area (Å²) in [5.41, 5.74) is -0.761. The summed E-state index contributed by atoms with van der Waals surface area (Å²) in [6, 6.07) is 0. The average molecular weight is 405 g/mol. The molecule has 5 nitrogen and oxygen atoms in total. The van der Waals surface area contributed by atoms with Crippen molar-refractivity contribution < 1.29 is 24.2 Å². The van der Waals surface area contributed by atoms with Crippen LogP contribution in [0.4, 0.5) is 0 Å². The van der Waals surface area contributed by atoms with E-state index in [0.717, 1.165) is 44.9 Å². The van der Waals surface area contributed by atoms with Crippen molar-refractivity contribution in [1.29, 1.82) is 0 Å². The molecule has 1 N–H and O–H groups in total. The maximum atomic E-state index is 12.9. The van der Waals surface area contributed by atoms with Crippen LogP contribution in [0.3, 0.4) is 0 Å². The fraction of sp³-hybridized carbons (Fsp3) is 0.875. The number of aliphatic hydroxyl groups excluding tert-OH is 1. The quantitative estimate of drug-likeness (QED) is 0.726. The van der Waals surface area contributed by atoms with Gasteiger partial charge in [0.2, 0.25) is 0 Å². The molecule has 5 heteroatoms. The predicted octanol–water partition coefficient (Wildman–Crippen LogP) is 3.71. The summed E-state index contributed by atoms with van der Waals surface area (Å²) >= 11 is 0. The minimum absolute atomic E-state index is 0.0111. The lowest BCUT2D eigenvalue weighted by atomic mass is 9.43. The molecule has 0 heterocycles. The van der Waals surface area contributed by atoms with Gasteiger partial charge in [0.15, 0.2) is 0 Å². The van der Waals surface area contributed by atoms with Crippen molar-refractivity contribution in [3.63, 3.8) is 0 Å². The van der Waals surface area contributed by atoms with Gasteiger partial charge < -0.3 is 9.84 Å². The summed E-state index contributed by atoms with van der Waals surface area (Å²) in [6.45, 7) is 7.03. The number of aliphatic hydroxyl groups is 1. The molecule has 0 spiro atoms. The molecule has 0 aromatic rings. The minimum Gasteiger partial charge on any atom is -0.463 e. The van der Waals surface area contributed by atoms with E-state index >= 15 is 0 Å².